The zero-order valence-electron chi connectivity index (χ0n) is 6.79. The Morgan fingerprint density at radius 2 is 2.17 bits per heavy atom. The zero-order chi connectivity index (χ0) is 8.39. The van der Waals surface area contributed by atoms with Gasteiger partial charge >= 0.3 is 5.69 Å². The summed E-state index contributed by atoms with van der Waals surface area (Å²) >= 11 is 0. The van der Waals surface area contributed by atoms with Crippen molar-refractivity contribution in [1.29, 1.82) is 0 Å². The van der Waals surface area contributed by atoms with Gasteiger partial charge in [-0.1, -0.05) is 0 Å². The molecule has 1 fully saturated rings. The molecule has 1 aromatic rings. The topological polar surface area (TPSA) is 49.0 Å². The summed E-state index contributed by atoms with van der Waals surface area (Å²) in [6.07, 6.45) is 4.05. The van der Waals surface area contributed by atoms with E-state index in [4.69, 9.17) is 0 Å². The van der Waals surface area contributed by atoms with Gasteiger partial charge in [0.05, 0.1) is 0 Å². The van der Waals surface area contributed by atoms with Crippen LogP contribution in [0.1, 0.15) is 12.8 Å². The van der Waals surface area contributed by atoms with Gasteiger partial charge in [-0.2, -0.15) is 4.98 Å². The number of H-pyrrole nitrogens is 1. The average molecular weight is 165 g/mol. The highest BCUT2D eigenvalue weighted by Gasteiger charge is 2.12. The van der Waals surface area contributed by atoms with E-state index in [1.54, 1.807) is 6.20 Å². The molecule has 4 heteroatoms. The largest absolute Gasteiger partial charge is 0.356 e. The molecule has 1 N–H and O–H groups in total. The first kappa shape index (κ1) is 7.34. The summed E-state index contributed by atoms with van der Waals surface area (Å²) in [5.41, 5.74) is -0.264. The lowest BCUT2D eigenvalue weighted by Crippen LogP contribution is -2.22. The smallest absolute Gasteiger partial charge is 0.346 e. The molecule has 0 spiro atoms. The maximum atomic E-state index is 10.9. The van der Waals surface area contributed by atoms with Crippen molar-refractivity contribution in [2.45, 2.75) is 12.8 Å². The Morgan fingerprint density at radius 3 is 2.83 bits per heavy atom. The minimum Gasteiger partial charge on any atom is -0.356 e. The lowest BCUT2D eigenvalue weighted by molar-refractivity contribution is 0.912. The standard InChI is InChI=1S/C8H11N3O/c12-8-9-4-3-7(10-8)11-5-1-2-6-11/h3-4H,1-2,5-6H2,(H,9,10,12). The summed E-state index contributed by atoms with van der Waals surface area (Å²) in [6.45, 7) is 2.05. The Bertz CT molecular complexity index is 314. The van der Waals surface area contributed by atoms with E-state index in [1.165, 1.54) is 12.8 Å². The molecule has 0 bridgehead atoms. The number of nitrogens with one attached hydrogen (secondary N) is 1. The van der Waals surface area contributed by atoms with Crippen molar-refractivity contribution >= 4 is 5.82 Å². The SMILES string of the molecule is O=c1nc(N2CCCC2)cc[nH]1. The average Bonchev–Trinajstić information content (AvgIpc) is 2.56. The van der Waals surface area contributed by atoms with Gasteiger partial charge in [0.2, 0.25) is 0 Å². The second-order valence-electron chi connectivity index (χ2n) is 2.95. The van der Waals surface area contributed by atoms with E-state index in [0.717, 1.165) is 18.9 Å². The second-order valence-corrected chi connectivity index (χ2v) is 2.95. The van der Waals surface area contributed by atoms with E-state index in [0.29, 0.717) is 0 Å². The van der Waals surface area contributed by atoms with Crippen molar-refractivity contribution in [1.82, 2.24) is 9.97 Å². The van der Waals surface area contributed by atoms with E-state index in [2.05, 4.69) is 14.9 Å². The number of hydrogen-bond donors (Lipinski definition) is 1. The summed E-state index contributed by atoms with van der Waals surface area (Å²) < 4.78 is 0. The van der Waals surface area contributed by atoms with Crippen LogP contribution in [-0.4, -0.2) is 23.1 Å². The Balaban J connectivity index is 2.27. The van der Waals surface area contributed by atoms with E-state index in [9.17, 15) is 4.79 Å². The third kappa shape index (κ3) is 1.32. The van der Waals surface area contributed by atoms with Crippen LogP contribution < -0.4 is 10.6 Å². The van der Waals surface area contributed by atoms with Gasteiger partial charge < -0.3 is 9.88 Å². The van der Waals surface area contributed by atoms with Crippen LogP contribution in [0.2, 0.25) is 0 Å². The van der Waals surface area contributed by atoms with Gasteiger partial charge in [-0.25, -0.2) is 4.79 Å². The monoisotopic (exact) mass is 165 g/mol. The molecule has 0 aliphatic carbocycles. The van der Waals surface area contributed by atoms with Crippen molar-refractivity contribution < 1.29 is 0 Å². The molecule has 0 amide bonds. The van der Waals surface area contributed by atoms with Gasteiger partial charge in [0.1, 0.15) is 5.82 Å². The van der Waals surface area contributed by atoms with Gasteiger partial charge in [-0.15, -0.1) is 0 Å². The normalized spacial score (nSPS) is 16.8. The fourth-order valence-corrected chi connectivity index (χ4v) is 1.48. The first-order valence-corrected chi connectivity index (χ1v) is 4.17. The predicted molar refractivity (Wildman–Crippen MR) is 46.3 cm³/mol. The molecule has 4 nitrogen and oxygen atoms in total. The lowest BCUT2D eigenvalue weighted by Gasteiger charge is -2.14. The molecule has 64 valence electrons. The van der Waals surface area contributed by atoms with Crippen molar-refractivity contribution in [2.75, 3.05) is 18.0 Å². The van der Waals surface area contributed by atoms with Gasteiger partial charge in [-0.3, -0.25) is 0 Å². The van der Waals surface area contributed by atoms with Gasteiger partial charge in [-0.05, 0) is 18.9 Å². The maximum Gasteiger partial charge on any atom is 0.346 e. The fraction of sp³-hybridized carbons (Fsp3) is 0.500. The third-order valence-electron chi connectivity index (χ3n) is 2.09. The number of rotatable bonds is 1. The molecule has 1 saturated heterocycles. The molecule has 0 unspecified atom stereocenters. The summed E-state index contributed by atoms with van der Waals surface area (Å²) in [6, 6.07) is 1.84. The Kier molecular flexibility index (Phi) is 1.81. The molecular weight excluding hydrogens is 154 g/mol. The summed E-state index contributed by atoms with van der Waals surface area (Å²) in [7, 11) is 0. The number of hydrogen-bond acceptors (Lipinski definition) is 3. The molecule has 2 heterocycles. The molecule has 0 aromatic carbocycles. The van der Waals surface area contributed by atoms with Crippen LogP contribution in [0.15, 0.2) is 17.1 Å². The highest BCUT2D eigenvalue weighted by atomic mass is 16.1. The van der Waals surface area contributed by atoms with Crippen molar-refractivity contribution in [3.63, 3.8) is 0 Å². The minimum atomic E-state index is -0.264. The molecule has 0 atom stereocenters. The van der Waals surface area contributed by atoms with Gasteiger partial charge in [0.25, 0.3) is 0 Å². The van der Waals surface area contributed by atoms with Crippen LogP contribution in [0, 0.1) is 0 Å². The molecule has 1 aliphatic heterocycles. The second kappa shape index (κ2) is 2.97. The number of aromatic amines is 1. The first-order valence-electron chi connectivity index (χ1n) is 4.17. The maximum absolute atomic E-state index is 10.9. The molecular formula is C8H11N3O. The number of anilines is 1. The van der Waals surface area contributed by atoms with Crippen molar-refractivity contribution in [3.8, 4) is 0 Å². The van der Waals surface area contributed by atoms with E-state index >= 15 is 0 Å². The Morgan fingerprint density at radius 1 is 1.42 bits per heavy atom. The predicted octanol–water partition coefficient (Wildman–Crippen LogP) is 0.370. The van der Waals surface area contributed by atoms with Crippen LogP contribution >= 0.6 is 0 Å². The molecule has 0 saturated carbocycles. The van der Waals surface area contributed by atoms with E-state index in [-0.39, 0.29) is 5.69 Å². The molecule has 2 rings (SSSR count). The van der Waals surface area contributed by atoms with E-state index < -0.39 is 0 Å². The Labute approximate surface area is 70.2 Å². The number of nitrogens with zero attached hydrogens (tertiary/aromatic N) is 2. The van der Waals surface area contributed by atoms with Crippen LogP contribution in [0.25, 0.3) is 0 Å². The first-order chi connectivity index (χ1) is 5.86. The van der Waals surface area contributed by atoms with Crippen molar-refractivity contribution in [2.24, 2.45) is 0 Å². The molecule has 1 aromatic heterocycles. The Hall–Kier alpha value is -1.32. The highest BCUT2D eigenvalue weighted by Crippen LogP contribution is 2.14. The van der Waals surface area contributed by atoms with Crippen molar-refractivity contribution in [3.05, 3.63) is 22.7 Å². The summed E-state index contributed by atoms with van der Waals surface area (Å²) in [5.74, 6) is 0.802. The van der Waals surface area contributed by atoms with Crippen LogP contribution in [0.3, 0.4) is 0 Å². The summed E-state index contributed by atoms with van der Waals surface area (Å²) in [4.78, 5) is 19.4. The molecule has 1 aliphatic rings. The van der Waals surface area contributed by atoms with Crippen LogP contribution in [-0.2, 0) is 0 Å². The number of aromatic nitrogens is 2. The molecule has 0 radical (unpaired) electrons. The third-order valence-corrected chi connectivity index (χ3v) is 2.09. The van der Waals surface area contributed by atoms with Crippen LogP contribution in [0.4, 0.5) is 5.82 Å². The fourth-order valence-electron chi connectivity index (χ4n) is 1.48. The zero-order valence-corrected chi connectivity index (χ0v) is 6.79. The van der Waals surface area contributed by atoms with Gasteiger partial charge in [0.15, 0.2) is 0 Å². The quantitative estimate of drug-likeness (QED) is 0.654. The highest BCUT2D eigenvalue weighted by molar-refractivity contribution is 5.37. The van der Waals surface area contributed by atoms with E-state index in [1.807, 2.05) is 6.07 Å². The van der Waals surface area contributed by atoms with Gasteiger partial charge in [0, 0.05) is 19.3 Å². The minimum absolute atomic E-state index is 0.264. The molecule has 12 heavy (non-hydrogen) atoms. The van der Waals surface area contributed by atoms with Crippen LogP contribution in [0.5, 0.6) is 0 Å². The summed E-state index contributed by atoms with van der Waals surface area (Å²) in [5, 5.41) is 0. The lowest BCUT2D eigenvalue weighted by atomic mass is 10.4.